The molecule has 1 saturated carbocycles. The van der Waals surface area contributed by atoms with Crippen LogP contribution in [0.25, 0.3) is 0 Å². The summed E-state index contributed by atoms with van der Waals surface area (Å²) in [6, 6.07) is 8.04. The first-order valence-electron chi connectivity index (χ1n) is 7.23. The van der Waals surface area contributed by atoms with Crippen molar-refractivity contribution in [3.8, 4) is 0 Å². The Kier molecular flexibility index (Phi) is 4.65. The van der Waals surface area contributed by atoms with Gasteiger partial charge in [-0.1, -0.05) is 17.7 Å². The minimum atomic E-state index is -0.634. The van der Waals surface area contributed by atoms with Crippen molar-refractivity contribution in [2.24, 2.45) is 0 Å². The van der Waals surface area contributed by atoms with Crippen LogP contribution >= 0.6 is 0 Å². The monoisotopic (exact) mass is 277 g/mol. The van der Waals surface area contributed by atoms with Crippen molar-refractivity contribution in [2.45, 2.75) is 45.3 Å². The minimum Gasteiger partial charge on any atom is -0.464 e. The smallest absolute Gasteiger partial charge is 0.331 e. The van der Waals surface area contributed by atoms with Crippen LogP contribution in [0.5, 0.6) is 0 Å². The van der Waals surface area contributed by atoms with Crippen LogP contribution in [0, 0.1) is 6.92 Å². The molecule has 4 nitrogen and oxygen atoms in total. The average Bonchev–Trinajstić information content (AvgIpc) is 2.39. The zero-order chi connectivity index (χ0) is 14.6. The highest BCUT2D eigenvalue weighted by Crippen LogP contribution is 2.38. The first-order chi connectivity index (χ1) is 9.59. The third-order valence-corrected chi connectivity index (χ3v) is 3.66. The number of anilines is 1. The van der Waals surface area contributed by atoms with E-state index in [1.54, 1.807) is 0 Å². The molecule has 0 unspecified atom stereocenters. The van der Waals surface area contributed by atoms with Crippen molar-refractivity contribution >= 4 is 11.7 Å². The molecule has 20 heavy (non-hydrogen) atoms. The van der Waals surface area contributed by atoms with Crippen LogP contribution in [0.3, 0.4) is 0 Å². The second-order valence-electron chi connectivity index (χ2n) is 5.28. The Balaban J connectivity index is 2.08. The molecule has 0 spiro atoms. The summed E-state index contributed by atoms with van der Waals surface area (Å²) in [5.41, 5.74) is 1.51. The van der Waals surface area contributed by atoms with E-state index in [1.165, 1.54) is 5.56 Å². The van der Waals surface area contributed by atoms with Crippen LogP contribution < -0.4 is 5.32 Å². The summed E-state index contributed by atoms with van der Waals surface area (Å²) in [7, 11) is 0. The Morgan fingerprint density at radius 1 is 1.25 bits per heavy atom. The number of ether oxygens (including phenoxy) is 2. The minimum absolute atomic E-state index is 0.141. The van der Waals surface area contributed by atoms with Gasteiger partial charge in [0.15, 0.2) is 0 Å². The fourth-order valence-corrected chi connectivity index (χ4v) is 2.57. The maximum Gasteiger partial charge on any atom is 0.331 e. The largest absolute Gasteiger partial charge is 0.464 e. The van der Waals surface area contributed by atoms with Gasteiger partial charge in [0, 0.05) is 25.1 Å². The lowest BCUT2D eigenvalue weighted by Gasteiger charge is -2.45. The SMILES string of the molecule is CCOC(=O)C1(Nc2ccc(C)cc2)CC(OCC)C1. The molecule has 0 aliphatic heterocycles. The Bertz CT molecular complexity index is 449. The Morgan fingerprint density at radius 3 is 2.45 bits per heavy atom. The molecule has 1 aliphatic carbocycles. The molecule has 110 valence electrons. The molecule has 1 aromatic carbocycles. The van der Waals surface area contributed by atoms with Gasteiger partial charge in [0.2, 0.25) is 0 Å². The van der Waals surface area contributed by atoms with E-state index in [2.05, 4.69) is 5.32 Å². The van der Waals surface area contributed by atoms with Crippen molar-refractivity contribution in [1.29, 1.82) is 0 Å². The zero-order valence-corrected chi connectivity index (χ0v) is 12.4. The number of carbonyl (C=O) groups excluding carboxylic acids is 1. The van der Waals surface area contributed by atoms with Crippen LogP contribution in [-0.4, -0.2) is 30.8 Å². The fraction of sp³-hybridized carbons (Fsp3) is 0.562. The molecule has 0 heterocycles. The van der Waals surface area contributed by atoms with Crippen molar-refractivity contribution in [2.75, 3.05) is 18.5 Å². The summed E-state index contributed by atoms with van der Waals surface area (Å²) in [4.78, 5) is 12.2. The highest BCUT2D eigenvalue weighted by Gasteiger charge is 2.52. The van der Waals surface area contributed by atoms with Crippen molar-refractivity contribution in [3.05, 3.63) is 29.8 Å². The summed E-state index contributed by atoms with van der Waals surface area (Å²) in [5.74, 6) is -0.184. The summed E-state index contributed by atoms with van der Waals surface area (Å²) >= 11 is 0. The highest BCUT2D eigenvalue weighted by atomic mass is 16.5. The lowest BCUT2D eigenvalue weighted by molar-refractivity contribution is -0.158. The van der Waals surface area contributed by atoms with Crippen molar-refractivity contribution < 1.29 is 14.3 Å². The maximum atomic E-state index is 12.2. The number of hydrogen-bond acceptors (Lipinski definition) is 4. The quantitative estimate of drug-likeness (QED) is 0.812. The van der Waals surface area contributed by atoms with Gasteiger partial charge in [-0.25, -0.2) is 4.79 Å². The lowest BCUT2D eigenvalue weighted by atomic mass is 9.73. The first kappa shape index (κ1) is 14.9. The normalized spacial score (nSPS) is 24.9. The molecule has 4 heteroatoms. The molecular formula is C16H23NO3. The predicted octanol–water partition coefficient (Wildman–Crippen LogP) is 2.91. The van der Waals surface area contributed by atoms with Gasteiger partial charge in [0.05, 0.1) is 12.7 Å². The summed E-state index contributed by atoms with van der Waals surface area (Å²) < 4.78 is 10.8. The Hall–Kier alpha value is -1.55. The molecule has 1 aromatic rings. The van der Waals surface area contributed by atoms with E-state index in [0.29, 0.717) is 26.1 Å². The van der Waals surface area contributed by atoms with Gasteiger partial charge in [-0.15, -0.1) is 0 Å². The number of hydrogen-bond donors (Lipinski definition) is 1. The summed E-state index contributed by atoms with van der Waals surface area (Å²) in [6.07, 6.45) is 1.46. The van der Waals surface area contributed by atoms with Crippen LogP contribution in [0.4, 0.5) is 5.69 Å². The van der Waals surface area contributed by atoms with Gasteiger partial charge >= 0.3 is 5.97 Å². The van der Waals surface area contributed by atoms with E-state index in [1.807, 2.05) is 45.0 Å². The van der Waals surface area contributed by atoms with Crippen LogP contribution in [-0.2, 0) is 14.3 Å². The number of carbonyl (C=O) groups is 1. The van der Waals surface area contributed by atoms with Gasteiger partial charge in [-0.05, 0) is 32.9 Å². The van der Waals surface area contributed by atoms with E-state index in [0.717, 1.165) is 5.69 Å². The van der Waals surface area contributed by atoms with Gasteiger partial charge in [-0.2, -0.15) is 0 Å². The molecule has 2 rings (SSSR count). The second-order valence-corrected chi connectivity index (χ2v) is 5.28. The summed E-state index contributed by atoms with van der Waals surface area (Å²) in [6.45, 7) is 6.91. The number of nitrogens with one attached hydrogen (secondary N) is 1. The molecular weight excluding hydrogens is 254 g/mol. The molecule has 1 fully saturated rings. The van der Waals surface area contributed by atoms with E-state index < -0.39 is 5.54 Å². The highest BCUT2D eigenvalue weighted by molar-refractivity contribution is 5.86. The first-order valence-corrected chi connectivity index (χ1v) is 7.23. The van der Waals surface area contributed by atoms with Gasteiger partial charge in [0.1, 0.15) is 5.54 Å². The molecule has 0 atom stereocenters. The molecule has 1 aliphatic rings. The fourth-order valence-electron chi connectivity index (χ4n) is 2.57. The van der Waals surface area contributed by atoms with E-state index in [4.69, 9.17) is 9.47 Å². The predicted molar refractivity (Wildman–Crippen MR) is 78.8 cm³/mol. The van der Waals surface area contributed by atoms with Gasteiger partial charge in [0.25, 0.3) is 0 Å². The average molecular weight is 277 g/mol. The molecule has 0 radical (unpaired) electrons. The summed E-state index contributed by atoms with van der Waals surface area (Å²) in [5, 5.41) is 3.34. The standard InChI is InChI=1S/C16H23NO3/c1-4-19-14-10-16(11-14,15(18)20-5-2)17-13-8-6-12(3)7-9-13/h6-9,14,17H,4-5,10-11H2,1-3H3. The Morgan fingerprint density at radius 2 is 1.90 bits per heavy atom. The third kappa shape index (κ3) is 3.12. The number of benzene rings is 1. The molecule has 0 amide bonds. The molecule has 0 aromatic heterocycles. The number of aryl methyl sites for hydroxylation is 1. The second kappa shape index (κ2) is 6.27. The van der Waals surface area contributed by atoms with Crippen LogP contribution in [0.1, 0.15) is 32.3 Å². The molecule has 0 bridgehead atoms. The van der Waals surface area contributed by atoms with E-state index in [9.17, 15) is 4.79 Å². The molecule has 0 saturated heterocycles. The lowest BCUT2D eigenvalue weighted by Crippen LogP contribution is -2.60. The maximum absolute atomic E-state index is 12.2. The molecule has 1 N–H and O–H groups in total. The zero-order valence-electron chi connectivity index (χ0n) is 12.4. The van der Waals surface area contributed by atoms with Gasteiger partial charge < -0.3 is 14.8 Å². The van der Waals surface area contributed by atoms with Crippen LogP contribution in [0.2, 0.25) is 0 Å². The van der Waals surface area contributed by atoms with Crippen LogP contribution in [0.15, 0.2) is 24.3 Å². The third-order valence-electron chi connectivity index (χ3n) is 3.66. The van der Waals surface area contributed by atoms with Crippen molar-refractivity contribution in [1.82, 2.24) is 0 Å². The Labute approximate surface area is 120 Å². The topological polar surface area (TPSA) is 47.6 Å². The van der Waals surface area contributed by atoms with E-state index in [-0.39, 0.29) is 12.1 Å². The van der Waals surface area contributed by atoms with Crippen molar-refractivity contribution in [3.63, 3.8) is 0 Å². The number of esters is 1. The van der Waals surface area contributed by atoms with Gasteiger partial charge in [-0.3, -0.25) is 0 Å². The number of rotatable bonds is 6. The van der Waals surface area contributed by atoms with E-state index >= 15 is 0 Å².